The molecule has 2 fully saturated rings. The Balaban J connectivity index is 1.58. The van der Waals surface area contributed by atoms with Gasteiger partial charge in [-0.1, -0.05) is 6.07 Å². The zero-order valence-corrected chi connectivity index (χ0v) is 17.5. The lowest BCUT2D eigenvalue weighted by molar-refractivity contribution is 0.0625. The summed E-state index contributed by atoms with van der Waals surface area (Å²) in [6.07, 6.45) is 10.5. The van der Waals surface area contributed by atoms with Gasteiger partial charge in [-0.15, -0.1) is 0 Å². The minimum absolute atomic E-state index is 0.313. The van der Waals surface area contributed by atoms with Crippen molar-refractivity contribution in [1.82, 2.24) is 15.2 Å². The molecule has 6 nitrogen and oxygen atoms in total. The lowest BCUT2D eigenvalue weighted by Gasteiger charge is -2.27. The summed E-state index contributed by atoms with van der Waals surface area (Å²) in [6.45, 7) is 6.38. The molecule has 156 valence electrons. The van der Waals surface area contributed by atoms with Crippen LogP contribution in [0.15, 0.2) is 23.3 Å². The Bertz CT molecular complexity index is 610. The van der Waals surface area contributed by atoms with E-state index in [0.29, 0.717) is 12.6 Å². The Kier molecular flexibility index (Phi) is 8.40. The van der Waals surface area contributed by atoms with Gasteiger partial charge in [0.05, 0.1) is 6.54 Å². The van der Waals surface area contributed by atoms with E-state index in [1.165, 1.54) is 32.1 Å². The van der Waals surface area contributed by atoms with Crippen LogP contribution in [0.4, 0.5) is 0 Å². The monoisotopic (exact) mass is 388 g/mol. The molecule has 1 N–H and O–H groups in total. The third-order valence-corrected chi connectivity index (χ3v) is 5.74. The summed E-state index contributed by atoms with van der Waals surface area (Å²) in [6, 6.07) is 4.04. The zero-order valence-electron chi connectivity index (χ0n) is 17.5. The zero-order chi connectivity index (χ0) is 19.6. The van der Waals surface area contributed by atoms with E-state index in [2.05, 4.69) is 35.2 Å². The van der Waals surface area contributed by atoms with Crippen LogP contribution < -0.4 is 10.1 Å². The highest BCUT2D eigenvalue weighted by atomic mass is 16.5. The summed E-state index contributed by atoms with van der Waals surface area (Å²) in [4.78, 5) is 11.6. The first-order valence-electron chi connectivity index (χ1n) is 10.9. The predicted molar refractivity (Wildman–Crippen MR) is 113 cm³/mol. The Hall–Kier alpha value is -1.82. The van der Waals surface area contributed by atoms with Gasteiger partial charge in [-0.25, -0.2) is 9.98 Å². The molecule has 1 aromatic heterocycles. The minimum Gasteiger partial charge on any atom is -0.474 e. The molecule has 1 saturated heterocycles. The van der Waals surface area contributed by atoms with Crippen LogP contribution in [0.2, 0.25) is 0 Å². The number of aromatic nitrogens is 1. The number of hydrogen-bond acceptors (Lipinski definition) is 4. The van der Waals surface area contributed by atoms with Crippen LogP contribution in [0.25, 0.3) is 0 Å². The van der Waals surface area contributed by atoms with Crippen LogP contribution >= 0.6 is 0 Å². The van der Waals surface area contributed by atoms with E-state index in [-0.39, 0.29) is 0 Å². The maximum Gasteiger partial charge on any atom is 0.218 e. The third-order valence-electron chi connectivity index (χ3n) is 5.74. The lowest BCUT2D eigenvalue weighted by Crippen LogP contribution is -2.40. The van der Waals surface area contributed by atoms with Gasteiger partial charge < -0.3 is 19.7 Å². The number of hydrogen-bond donors (Lipinski definition) is 1. The number of guanidine groups is 1. The van der Waals surface area contributed by atoms with Crippen LogP contribution in [0, 0.1) is 5.92 Å². The van der Waals surface area contributed by atoms with E-state index in [4.69, 9.17) is 14.5 Å². The Morgan fingerprint density at radius 2 is 2.07 bits per heavy atom. The standard InChI is InChI=1S/C22H36N4O2/c1-3-23-22(26(2)14-10-18-11-15-27-16-12-18)25-17-19-7-6-13-24-21(19)28-20-8-4-5-9-20/h6-7,13,18,20H,3-5,8-12,14-17H2,1-2H3,(H,23,25). The average Bonchev–Trinajstić information content (AvgIpc) is 3.24. The normalized spacial score (nSPS) is 19.0. The van der Waals surface area contributed by atoms with Gasteiger partial charge in [0.1, 0.15) is 6.10 Å². The second kappa shape index (κ2) is 11.2. The predicted octanol–water partition coefficient (Wildman–Crippen LogP) is 3.62. The van der Waals surface area contributed by atoms with Crippen LogP contribution in [0.1, 0.15) is 57.4 Å². The van der Waals surface area contributed by atoms with Crippen molar-refractivity contribution < 1.29 is 9.47 Å². The summed E-state index contributed by atoms with van der Waals surface area (Å²) in [5.74, 6) is 2.47. The average molecular weight is 389 g/mol. The van der Waals surface area contributed by atoms with E-state index in [1.807, 2.05) is 12.3 Å². The largest absolute Gasteiger partial charge is 0.474 e. The Labute approximate surface area is 169 Å². The quantitative estimate of drug-likeness (QED) is 0.544. The topological polar surface area (TPSA) is 59.0 Å². The van der Waals surface area contributed by atoms with Gasteiger partial charge in [-0.2, -0.15) is 0 Å². The van der Waals surface area contributed by atoms with Crippen molar-refractivity contribution in [2.75, 3.05) is 33.4 Å². The van der Waals surface area contributed by atoms with Gasteiger partial charge in [0, 0.05) is 45.1 Å². The van der Waals surface area contributed by atoms with Gasteiger partial charge in [0.2, 0.25) is 5.88 Å². The highest BCUT2D eigenvalue weighted by Crippen LogP contribution is 2.25. The molecule has 0 radical (unpaired) electrons. The van der Waals surface area contributed by atoms with Crippen LogP contribution in [0.3, 0.4) is 0 Å². The molecule has 2 aliphatic rings. The fraction of sp³-hybridized carbons (Fsp3) is 0.727. The summed E-state index contributed by atoms with van der Waals surface area (Å²) in [5, 5.41) is 3.42. The number of rotatable bonds is 8. The van der Waals surface area contributed by atoms with Crippen molar-refractivity contribution >= 4 is 5.96 Å². The molecule has 28 heavy (non-hydrogen) atoms. The SMILES string of the molecule is CCNC(=NCc1cccnc1OC1CCCC1)N(C)CCC1CCOCC1. The van der Waals surface area contributed by atoms with Crippen molar-refractivity contribution in [1.29, 1.82) is 0 Å². The van der Waals surface area contributed by atoms with Crippen molar-refractivity contribution in [2.45, 2.75) is 64.5 Å². The fourth-order valence-corrected chi connectivity index (χ4v) is 3.96. The first-order chi connectivity index (χ1) is 13.8. The molecule has 1 aromatic rings. The molecule has 0 bridgehead atoms. The molecule has 6 heteroatoms. The molecule has 3 rings (SSSR count). The first kappa shape index (κ1) is 20.9. The van der Waals surface area contributed by atoms with Crippen molar-refractivity contribution in [3.05, 3.63) is 23.9 Å². The van der Waals surface area contributed by atoms with Gasteiger partial charge in [-0.3, -0.25) is 0 Å². The molecule has 0 unspecified atom stereocenters. The summed E-state index contributed by atoms with van der Waals surface area (Å²) >= 11 is 0. The molecular formula is C22H36N4O2. The van der Waals surface area contributed by atoms with E-state index < -0.39 is 0 Å². The van der Waals surface area contributed by atoms with E-state index in [1.54, 1.807) is 0 Å². The molecule has 0 spiro atoms. The first-order valence-corrected chi connectivity index (χ1v) is 10.9. The van der Waals surface area contributed by atoms with E-state index in [0.717, 1.165) is 62.5 Å². The van der Waals surface area contributed by atoms with E-state index >= 15 is 0 Å². The summed E-state index contributed by atoms with van der Waals surface area (Å²) in [5.41, 5.74) is 1.06. The number of nitrogens with zero attached hydrogens (tertiary/aromatic N) is 3. The van der Waals surface area contributed by atoms with Crippen LogP contribution in [-0.4, -0.2) is 55.3 Å². The van der Waals surface area contributed by atoms with Gasteiger partial charge in [-0.05, 0) is 63.9 Å². The van der Waals surface area contributed by atoms with Gasteiger partial charge >= 0.3 is 0 Å². The number of aliphatic imine (C=N–C) groups is 1. The lowest BCUT2D eigenvalue weighted by atomic mass is 9.96. The fourth-order valence-electron chi connectivity index (χ4n) is 3.96. The smallest absolute Gasteiger partial charge is 0.218 e. The molecule has 2 heterocycles. The second-order valence-electron chi connectivity index (χ2n) is 7.93. The molecule has 1 saturated carbocycles. The Morgan fingerprint density at radius 3 is 2.82 bits per heavy atom. The van der Waals surface area contributed by atoms with E-state index in [9.17, 15) is 0 Å². The van der Waals surface area contributed by atoms with Gasteiger partial charge in [0.15, 0.2) is 5.96 Å². The Morgan fingerprint density at radius 1 is 1.29 bits per heavy atom. The highest BCUT2D eigenvalue weighted by Gasteiger charge is 2.19. The number of pyridine rings is 1. The molecule has 1 aliphatic carbocycles. The second-order valence-corrected chi connectivity index (χ2v) is 7.93. The molecule has 0 aromatic carbocycles. The number of ether oxygens (including phenoxy) is 2. The van der Waals surface area contributed by atoms with Crippen molar-refractivity contribution in [3.63, 3.8) is 0 Å². The molecule has 1 aliphatic heterocycles. The van der Waals surface area contributed by atoms with Crippen LogP contribution in [0.5, 0.6) is 5.88 Å². The third kappa shape index (κ3) is 6.36. The maximum atomic E-state index is 6.16. The summed E-state index contributed by atoms with van der Waals surface area (Å²) < 4.78 is 11.6. The highest BCUT2D eigenvalue weighted by molar-refractivity contribution is 5.79. The van der Waals surface area contributed by atoms with Crippen molar-refractivity contribution in [3.8, 4) is 5.88 Å². The minimum atomic E-state index is 0.313. The molecule has 0 atom stereocenters. The maximum absolute atomic E-state index is 6.16. The number of nitrogens with one attached hydrogen (secondary N) is 1. The van der Waals surface area contributed by atoms with Crippen LogP contribution in [-0.2, 0) is 11.3 Å². The summed E-state index contributed by atoms with van der Waals surface area (Å²) in [7, 11) is 2.13. The van der Waals surface area contributed by atoms with Gasteiger partial charge in [0.25, 0.3) is 0 Å². The van der Waals surface area contributed by atoms with Crippen molar-refractivity contribution in [2.24, 2.45) is 10.9 Å². The molecular weight excluding hydrogens is 352 g/mol. The molecule has 0 amide bonds.